The smallest absolute Gasteiger partial charge is 0.341 e. The number of nitrogens with two attached hydrogens (primary N) is 1. The van der Waals surface area contributed by atoms with Crippen LogP contribution in [0, 0.1) is 41.6 Å². The fourth-order valence-corrected chi connectivity index (χ4v) is 5.60. The Balaban J connectivity index is 0.000000283. The number of carbonyl (C=O) groups is 1. The molecule has 0 spiro atoms. The fourth-order valence-electron chi connectivity index (χ4n) is 5.60. The number of pyridine rings is 2. The van der Waals surface area contributed by atoms with Gasteiger partial charge in [0.15, 0.2) is 17.3 Å². The molecule has 0 amide bonds. The third-order valence-corrected chi connectivity index (χ3v) is 8.34. The van der Waals surface area contributed by atoms with E-state index in [1.54, 1.807) is 4.90 Å². The number of aromatic carboxylic acids is 1. The number of hydrogen-bond acceptors (Lipinski definition) is 8. The minimum absolute atomic E-state index is 0. The topological polar surface area (TPSA) is 159 Å². The maximum absolute atomic E-state index is 14.8. The predicted octanol–water partition coefficient (Wildman–Crippen LogP) is 4.00. The quantitative estimate of drug-likeness (QED) is 0.187. The van der Waals surface area contributed by atoms with E-state index in [0.29, 0.717) is 38.0 Å². The summed E-state index contributed by atoms with van der Waals surface area (Å²) in [6.45, 7) is 3.92. The van der Waals surface area contributed by atoms with Crippen molar-refractivity contribution in [1.82, 2.24) is 14.5 Å². The van der Waals surface area contributed by atoms with Crippen LogP contribution < -0.4 is 16.1 Å². The molecule has 0 bridgehead atoms. The number of likely N-dealkylation sites (N-methyl/N-ethyl adjacent to an activating group) is 1. The number of carboxylic acid groups (broad SMARTS) is 1. The summed E-state index contributed by atoms with van der Waals surface area (Å²) in [4.78, 5) is 32.3. The van der Waals surface area contributed by atoms with Gasteiger partial charge in [-0.15, -0.1) is 18.8 Å². The van der Waals surface area contributed by atoms with Gasteiger partial charge in [-0.2, -0.15) is 8.42 Å². The number of carboxylic acids is 1. The van der Waals surface area contributed by atoms with Gasteiger partial charge < -0.3 is 15.7 Å². The monoisotopic (exact) mass is 735 g/mol. The minimum Gasteiger partial charge on any atom is -0.477 e. The van der Waals surface area contributed by atoms with Crippen LogP contribution in [0.15, 0.2) is 65.6 Å². The number of benzene rings is 2. The van der Waals surface area contributed by atoms with Crippen LogP contribution in [0.4, 0.5) is 19.0 Å². The number of fused-ring (bicyclic) bond motifs is 2. The first-order valence-corrected chi connectivity index (χ1v) is 16.9. The molecule has 1 saturated carbocycles. The number of hydrogen-bond donors (Lipinski definition) is 3. The number of terminal acetylenes is 1. The highest BCUT2D eigenvalue weighted by Crippen LogP contribution is 2.45. The second-order valence-electron chi connectivity index (χ2n) is 12.0. The van der Waals surface area contributed by atoms with Crippen molar-refractivity contribution in [2.24, 2.45) is 17.6 Å². The molecule has 4 N–H and O–H groups in total. The largest absolute Gasteiger partial charge is 0.477 e. The normalized spacial score (nSPS) is 18.1. The molecule has 268 valence electrons. The molecule has 2 aromatic carbocycles. The predicted molar refractivity (Wildman–Crippen MR) is 187 cm³/mol. The Kier molecular flexibility index (Phi) is 13.2. The molecule has 6 rings (SSSR count). The van der Waals surface area contributed by atoms with Crippen molar-refractivity contribution < 1.29 is 36.0 Å². The summed E-state index contributed by atoms with van der Waals surface area (Å²) < 4.78 is 69.6. The van der Waals surface area contributed by atoms with Crippen LogP contribution in [-0.4, -0.2) is 83.5 Å². The number of aromatic nitrogens is 2. The molecule has 1 saturated heterocycles. The van der Waals surface area contributed by atoms with Gasteiger partial charge in [0.2, 0.25) is 5.43 Å². The van der Waals surface area contributed by atoms with Crippen LogP contribution >= 0.6 is 12.4 Å². The third-order valence-electron chi connectivity index (χ3n) is 8.34. The van der Waals surface area contributed by atoms with Crippen LogP contribution in [0.2, 0.25) is 0 Å². The summed E-state index contributed by atoms with van der Waals surface area (Å²) in [5.41, 5.74) is 5.30. The molecule has 4 aromatic rings. The lowest BCUT2D eigenvalue weighted by Gasteiger charge is -2.22. The lowest BCUT2D eigenvalue weighted by Crippen LogP contribution is -2.31. The van der Waals surface area contributed by atoms with E-state index in [-0.39, 0.29) is 52.8 Å². The maximum atomic E-state index is 14.8. The second kappa shape index (κ2) is 16.5. The van der Waals surface area contributed by atoms with Gasteiger partial charge in [-0.3, -0.25) is 18.8 Å². The fraction of sp³-hybridized carbons (Fsp3) is 0.324. The first-order valence-electron chi connectivity index (χ1n) is 15.0. The van der Waals surface area contributed by atoms with Crippen molar-refractivity contribution in [3.05, 3.63) is 99.6 Å². The summed E-state index contributed by atoms with van der Waals surface area (Å²) in [5, 5.41) is 9.05. The highest BCUT2D eigenvalue weighted by atomic mass is 35.5. The van der Waals surface area contributed by atoms with Gasteiger partial charge in [-0.1, -0.05) is 36.3 Å². The number of piperidine rings is 1. The zero-order valence-electron chi connectivity index (χ0n) is 27.3. The second-order valence-corrected chi connectivity index (χ2v) is 13.5. The molecule has 4 atom stereocenters. The molecule has 2 aromatic heterocycles. The average molecular weight is 736 g/mol. The number of nitrogens with zero attached hydrogens (tertiary/aromatic N) is 4. The van der Waals surface area contributed by atoms with Gasteiger partial charge in [0.1, 0.15) is 17.2 Å². The Morgan fingerprint density at radius 3 is 2.26 bits per heavy atom. The molecule has 11 nitrogen and oxygen atoms in total. The number of anilines is 1. The van der Waals surface area contributed by atoms with Crippen LogP contribution in [-0.2, 0) is 16.5 Å². The van der Waals surface area contributed by atoms with E-state index in [1.807, 2.05) is 6.07 Å². The highest BCUT2D eigenvalue weighted by molar-refractivity contribution is 7.85. The summed E-state index contributed by atoms with van der Waals surface area (Å²) in [6, 6.07) is 14.7. The van der Waals surface area contributed by atoms with E-state index in [2.05, 4.69) is 54.0 Å². The number of halogens is 4. The molecule has 2 aliphatic rings. The summed E-state index contributed by atoms with van der Waals surface area (Å²) in [6.07, 6.45) is 7.95. The van der Waals surface area contributed by atoms with Gasteiger partial charge in [0.25, 0.3) is 10.1 Å². The molecular weight excluding hydrogens is 699 g/mol. The van der Waals surface area contributed by atoms with Crippen molar-refractivity contribution in [2.75, 3.05) is 37.8 Å². The van der Waals surface area contributed by atoms with Gasteiger partial charge >= 0.3 is 5.97 Å². The van der Waals surface area contributed by atoms with E-state index in [9.17, 15) is 36.3 Å². The molecule has 1 aliphatic carbocycles. The van der Waals surface area contributed by atoms with E-state index < -0.39 is 44.5 Å². The minimum atomic E-state index is -3.67. The van der Waals surface area contributed by atoms with Gasteiger partial charge in [-0.25, -0.2) is 22.9 Å². The standard InChI is InChI=1S/C20H15F3N4O3.C13H17N.CH4O3S.ClH/c21-8-1-2-15(13(22)3-8)27-7-12(20(29)30)17(28)9-4-14(23)19(25-18(9)27)26-5-10-11(6-26)16(10)24;1-4-10-14(3)12(2)11-13-8-6-5-7-9-13;1-5(2,3)4;/h1-4,7,10-11,16H,5-6,24H2,(H,29,30);1,5-9,12H,10-11H2,2-3H3;1H3,(H,2,3,4);1H/t10-,11+,16?;12-;;/m.1../s1. The molecular formula is C34H37ClF3N5O6S. The maximum Gasteiger partial charge on any atom is 0.341 e. The van der Waals surface area contributed by atoms with E-state index >= 15 is 0 Å². The first kappa shape index (κ1) is 40.0. The SMILES string of the molecule is C#CCN(C)[C@H](C)Cc1ccccc1.CS(=O)(=O)O.Cl.NC1[C@H]2CN(c3nc4c(cc3F)c(=O)c(C(=O)O)cn4-c3ccc(F)cc3F)C[C@@H]12. The molecule has 1 unspecified atom stereocenters. The highest BCUT2D eigenvalue weighted by Gasteiger charge is 2.54. The first-order chi connectivity index (χ1) is 23.0. The molecule has 0 radical (unpaired) electrons. The van der Waals surface area contributed by atoms with Crippen LogP contribution in [0.3, 0.4) is 0 Å². The Labute approximate surface area is 293 Å². The van der Waals surface area contributed by atoms with Gasteiger partial charge in [0, 0.05) is 37.4 Å². The van der Waals surface area contributed by atoms with Gasteiger partial charge in [-0.05, 0) is 56.0 Å². The lowest BCUT2D eigenvalue weighted by atomic mass is 10.1. The number of rotatable bonds is 7. The summed E-state index contributed by atoms with van der Waals surface area (Å²) in [7, 11) is -1.60. The Morgan fingerprint density at radius 2 is 1.72 bits per heavy atom. The van der Waals surface area contributed by atoms with Crippen molar-refractivity contribution in [1.29, 1.82) is 0 Å². The zero-order chi connectivity index (χ0) is 36.2. The third kappa shape index (κ3) is 9.83. The van der Waals surface area contributed by atoms with Crippen molar-refractivity contribution in [3.8, 4) is 18.0 Å². The van der Waals surface area contributed by atoms with Crippen molar-refractivity contribution in [2.45, 2.75) is 25.4 Å². The molecule has 3 heterocycles. The van der Waals surface area contributed by atoms with Crippen LogP contribution in [0.25, 0.3) is 16.7 Å². The van der Waals surface area contributed by atoms with Crippen LogP contribution in [0.5, 0.6) is 0 Å². The Morgan fingerprint density at radius 1 is 1.12 bits per heavy atom. The van der Waals surface area contributed by atoms with Gasteiger partial charge in [0.05, 0.1) is 23.9 Å². The van der Waals surface area contributed by atoms with E-state index in [1.165, 1.54) is 5.56 Å². The average Bonchev–Trinajstić information content (AvgIpc) is 3.39. The van der Waals surface area contributed by atoms with Crippen LogP contribution in [0.1, 0.15) is 22.8 Å². The molecule has 50 heavy (non-hydrogen) atoms. The van der Waals surface area contributed by atoms with E-state index in [0.717, 1.165) is 35.4 Å². The lowest BCUT2D eigenvalue weighted by molar-refractivity contribution is 0.0695. The van der Waals surface area contributed by atoms with Crippen molar-refractivity contribution in [3.63, 3.8) is 0 Å². The zero-order valence-corrected chi connectivity index (χ0v) is 29.0. The Hall–Kier alpha value is -4.46. The van der Waals surface area contributed by atoms with E-state index in [4.69, 9.17) is 16.7 Å². The summed E-state index contributed by atoms with van der Waals surface area (Å²) >= 11 is 0. The van der Waals surface area contributed by atoms with Crippen molar-refractivity contribution >= 4 is 45.3 Å². The molecule has 1 aliphatic heterocycles. The Bertz CT molecular complexity index is 2040. The molecule has 2 fully saturated rings. The summed E-state index contributed by atoms with van der Waals surface area (Å²) in [5.74, 6) is -1.04. The molecule has 16 heteroatoms.